The van der Waals surface area contributed by atoms with Gasteiger partial charge < -0.3 is 14.7 Å². The third kappa shape index (κ3) is 3.81. The molecule has 0 radical (unpaired) electrons. The Morgan fingerprint density at radius 3 is 2.27 bits per heavy atom. The molecule has 0 aliphatic rings. The Morgan fingerprint density at radius 2 is 1.80 bits per heavy atom. The first-order valence-electron chi connectivity index (χ1n) is 4.68. The van der Waals surface area contributed by atoms with Crippen LogP contribution in [0.3, 0.4) is 0 Å². The minimum absolute atomic E-state index is 0. The van der Waals surface area contributed by atoms with Crippen molar-refractivity contribution in [3.63, 3.8) is 0 Å². The summed E-state index contributed by atoms with van der Waals surface area (Å²) in [5.74, 6) is 0.523. The molecule has 78 valence electrons. The van der Waals surface area contributed by atoms with Crippen molar-refractivity contribution in [3.05, 3.63) is 28.8 Å². The summed E-state index contributed by atoms with van der Waals surface area (Å²) in [7, 11) is -1.75. The molecule has 0 saturated heterocycles. The van der Waals surface area contributed by atoms with Crippen LogP contribution in [0.1, 0.15) is 23.6 Å². The fraction of sp³-hybridized carbons (Fsp3) is 0.400. The van der Waals surface area contributed by atoms with Crippen molar-refractivity contribution in [2.75, 3.05) is 0 Å². The van der Waals surface area contributed by atoms with Crippen LogP contribution in [0.2, 0.25) is 0 Å². The molecule has 15 heavy (non-hydrogen) atoms. The zero-order chi connectivity index (χ0) is 10.7. The van der Waals surface area contributed by atoms with Gasteiger partial charge in [-0.15, -0.1) is 0 Å². The van der Waals surface area contributed by atoms with Crippen molar-refractivity contribution in [2.24, 2.45) is 0 Å². The Kier molecular flexibility index (Phi) is 6.56. The van der Waals surface area contributed by atoms with Crippen LogP contribution >= 0.6 is 0 Å². The van der Waals surface area contributed by atoms with E-state index in [1.807, 2.05) is 19.9 Å². The van der Waals surface area contributed by atoms with E-state index >= 15 is 0 Å². The predicted molar refractivity (Wildman–Crippen MR) is 63.3 cm³/mol. The molecule has 1 aromatic rings. The molecule has 0 fully saturated rings. The summed E-state index contributed by atoms with van der Waals surface area (Å²) >= 11 is 0. The Labute approximate surface area is 113 Å². The average Bonchev–Trinajstić information content (AvgIpc) is 2.13. The van der Waals surface area contributed by atoms with Crippen molar-refractivity contribution in [3.8, 4) is 5.75 Å². The SMILES string of the molecule is CCc1ccc(OB(O)O)c(C)c1C.[NaH]. The fourth-order valence-corrected chi connectivity index (χ4v) is 1.48. The zero-order valence-electron chi connectivity index (χ0n) is 8.74. The molecule has 1 rings (SSSR count). The molecule has 1 aromatic carbocycles. The van der Waals surface area contributed by atoms with Gasteiger partial charge in [-0.1, -0.05) is 13.0 Å². The van der Waals surface area contributed by atoms with Gasteiger partial charge in [-0.05, 0) is 43.0 Å². The van der Waals surface area contributed by atoms with Crippen LogP contribution in [-0.2, 0) is 6.42 Å². The van der Waals surface area contributed by atoms with Gasteiger partial charge in [0.25, 0.3) is 0 Å². The maximum absolute atomic E-state index is 8.68. The Balaban J connectivity index is 0.00000196. The third-order valence-corrected chi connectivity index (χ3v) is 2.46. The van der Waals surface area contributed by atoms with Crippen molar-refractivity contribution in [1.29, 1.82) is 0 Å². The van der Waals surface area contributed by atoms with Crippen LogP contribution in [0.4, 0.5) is 0 Å². The second kappa shape index (κ2) is 6.56. The van der Waals surface area contributed by atoms with Crippen LogP contribution in [0, 0.1) is 13.8 Å². The molecule has 0 aliphatic heterocycles. The topological polar surface area (TPSA) is 49.7 Å². The fourth-order valence-electron chi connectivity index (χ4n) is 1.48. The van der Waals surface area contributed by atoms with Crippen LogP contribution < -0.4 is 4.65 Å². The quantitative estimate of drug-likeness (QED) is 0.729. The first-order chi connectivity index (χ1) is 6.56. The molecule has 0 amide bonds. The van der Waals surface area contributed by atoms with Crippen molar-refractivity contribution in [1.82, 2.24) is 0 Å². The van der Waals surface area contributed by atoms with E-state index in [-0.39, 0.29) is 29.6 Å². The van der Waals surface area contributed by atoms with E-state index in [1.54, 1.807) is 6.07 Å². The van der Waals surface area contributed by atoms with Gasteiger partial charge in [0.15, 0.2) is 0 Å². The van der Waals surface area contributed by atoms with Crippen molar-refractivity contribution in [2.45, 2.75) is 27.2 Å². The normalized spacial score (nSPS) is 9.40. The van der Waals surface area contributed by atoms with E-state index in [0.29, 0.717) is 5.75 Å². The van der Waals surface area contributed by atoms with Gasteiger partial charge in [0.05, 0.1) is 0 Å². The average molecular weight is 218 g/mol. The molecular formula is C10H16BNaO3. The van der Waals surface area contributed by atoms with Crippen LogP contribution in [0.25, 0.3) is 0 Å². The molecule has 0 atom stereocenters. The van der Waals surface area contributed by atoms with E-state index in [4.69, 9.17) is 14.7 Å². The molecule has 0 spiro atoms. The number of hydrogen-bond donors (Lipinski definition) is 2. The zero-order valence-corrected chi connectivity index (χ0v) is 8.74. The summed E-state index contributed by atoms with van der Waals surface area (Å²) in [6.07, 6.45) is 0.967. The number of hydrogen-bond acceptors (Lipinski definition) is 3. The molecule has 0 unspecified atom stereocenters. The Morgan fingerprint density at radius 1 is 1.20 bits per heavy atom. The van der Waals surface area contributed by atoms with Gasteiger partial charge in [-0.25, -0.2) is 0 Å². The summed E-state index contributed by atoms with van der Waals surface area (Å²) in [6.45, 7) is 6.00. The van der Waals surface area contributed by atoms with Gasteiger partial charge in [0.1, 0.15) is 5.75 Å². The van der Waals surface area contributed by atoms with Crippen molar-refractivity contribution >= 4 is 36.9 Å². The van der Waals surface area contributed by atoms with Gasteiger partial charge in [-0.3, -0.25) is 0 Å². The first-order valence-corrected chi connectivity index (χ1v) is 4.68. The molecule has 5 heteroatoms. The number of rotatable bonds is 3. The molecule has 3 nitrogen and oxygen atoms in total. The van der Waals surface area contributed by atoms with Crippen molar-refractivity contribution < 1.29 is 14.7 Å². The third-order valence-electron chi connectivity index (χ3n) is 2.46. The second-order valence-corrected chi connectivity index (χ2v) is 3.27. The van der Waals surface area contributed by atoms with E-state index in [1.165, 1.54) is 5.56 Å². The van der Waals surface area contributed by atoms with E-state index in [9.17, 15) is 0 Å². The van der Waals surface area contributed by atoms with Gasteiger partial charge in [0, 0.05) is 0 Å². The van der Waals surface area contributed by atoms with Gasteiger partial charge >= 0.3 is 36.9 Å². The number of aryl methyl sites for hydroxylation is 1. The summed E-state index contributed by atoms with van der Waals surface area (Å²) in [6, 6.07) is 3.71. The standard InChI is InChI=1S/C10H15BO3.Na.H/c1-4-9-5-6-10(14-11(12)13)8(3)7(9)2;;/h5-6,12-13H,4H2,1-3H3;;. The first kappa shape index (κ1) is 15.0. The predicted octanol–water partition coefficient (Wildman–Crippen LogP) is 0.566. The Bertz CT molecular complexity index is 329. The molecule has 0 aliphatic carbocycles. The van der Waals surface area contributed by atoms with E-state index < -0.39 is 7.32 Å². The van der Waals surface area contributed by atoms with Crippen LogP contribution in [0.15, 0.2) is 12.1 Å². The molecule has 0 bridgehead atoms. The summed E-state index contributed by atoms with van der Waals surface area (Å²) in [5.41, 5.74) is 3.35. The molecular weight excluding hydrogens is 202 g/mol. The summed E-state index contributed by atoms with van der Waals surface area (Å²) in [4.78, 5) is 0. The minimum atomic E-state index is -1.75. The molecule has 0 heterocycles. The van der Waals surface area contributed by atoms with Crippen LogP contribution in [0.5, 0.6) is 5.75 Å². The number of benzene rings is 1. The Hall–Kier alpha value is 0.00494. The maximum atomic E-state index is 8.68. The van der Waals surface area contributed by atoms with E-state index in [2.05, 4.69) is 6.92 Å². The molecule has 0 saturated carbocycles. The van der Waals surface area contributed by atoms with Gasteiger partial charge in [-0.2, -0.15) is 0 Å². The summed E-state index contributed by atoms with van der Waals surface area (Å²) in [5, 5.41) is 17.4. The van der Waals surface area contributed by atoms with E-state index in [0.717, 1.165) is 17.5 Å². The van der Waals surface area contributed by atoms with Crippen LogP contribution in [-0.4, -0.2) is 46.9 Å². The van der Waals surface area contributed by atoms with Gasteiger partial charge in [0.2, 0.25) is 0 Å². The molecule has 2 N–H and O–H groups in total. The monoisotopic (exact) mass is 218 g/mol. The summed E-state index contributed by atoms with van der Waals surface area (Å²) < 4.78 is 4.84. The second-order valence-electron chi connectivity index (χ2n) is 3.27. The molecule has 0 aromatic heterocycles.